The molecule has 2 aromatic heterocycles. The molecule has 3 nitrogen and oxygen atoms in total. The van der Waals surface area contributed by atoms with E-state index in [9.17, 15) is 4.79 Å². The van der Waals surface area contributed by atoms with Crippen molar-refractivity contribution >= 4 is 55.4 Å². The zero-order chi connectivity index (χ0) is 15.9. The van der Waals surface area contributed by atoms with Crippen LogP contribution in [0.3, 0.4) is 0 Å². The number of hydrogen-bond acceptors (Lipinski definition) is 4. The Morgan fingerprint density at radius 1 is 1.27 bits per heavy atom. The number of carbonyl (C=O) groups is 1. The lowest BCUT2D eigenvalue weighted by Gasteiger charge is -2.14. The molecule has 0 atom stereocenters. The third-order valence-electron chi connectivity index (χ3n) is 3.20. The van der Waals surface area contributed by atoms with Crippen LogP contribution in [-0.2, 0) is 5.41 Å². The van der Waals surface area contributed by atoms with Gasteiger partial charge in [-0.1, -0.05) is 32.4 Å². The fourth-order valence-electron chi connectivity index (χ4n) is 1.96. The number of hydrogen-bond donors (Lipinski definition) is 1. The van der Waals surface area contributed by atoms with Crippen LogP contribution < -0.4 is 5.32 Å². The Balaban J connectivity index is 1.82. The lowest BCUT2D eigenvalue weighted by molar-refractivity contribution is 0.103. The Hall–Kier alpha value is -1.43. The van der Waals surface area contributed by atoms with Crippen molar-refractivity contribution in [3.63, 3.8) is 0 Å². The molecule has 0 aliphatic carbocycles. The maximum atomic E-state index is 12.4. The van der Waals surface area contributed by atoms with Crippen LogP contribution in [0, 0.1) is 0 Å². The molecule has 1 amide bonds. The minimum atomic E-state index is -0.132. The van der Waals surface area contributed by atoms with Gasteiger partial charge in [0.1, 0.15) is 0 Å². The van der Waals surface area contributed by atoms with E-state index < -0.39 is 0 Å². The minimum Gasteiger partial charge on any atom is -0.297 e. The number of amides is 1. The van der Waals surface area contributed by atoms with Crippen molar-refractivity contribution in [2.45, 2.75) is 26.2 Å². The molecule has 0 fully saturated rings. The second-order valence-electron chi connectivity index (χ2n) is 6.03. The molecule has 114 valence electrons. The predicted octanol–water partition coefficient (Wildman–Crippen LogP) is 5.56. The van der Waals surface area contributed by atoms with Gasteiger partial charge >= 0.3 is 0 Å². The van der Waals surface area contributed by atoms with Gasteiger partial charge in [-0.05, 0) is 29.7 Å². The highest BCUT2D eigenvalue weighted by Crippen LogP contribution is 2.30. The summed E-state index contributed by atoms with van der Waals surface area (Å²) < 4.78 is 1.05. The van der Waals surface area contributed by atoms with Crippen LogP contribution in [0.4, 0.5) is 5.13 Å². The second kappa shape index (κ2) is 5.65. The standard InChI is InChI=1S/C16H15ClN2OS2/c1-16(2,3)13-8-21-15(18-13)19-14(20)12-7-9-6-10(17)4-5-11(9)22-12/h4-8H,1-3H3,(H,18,19,20). The number of carbonyl (C=O) groups excluding carboxylic acids is 1. The van der Waals surface area contributed by atoms with Gasteiger partial charge in [0.15, 0.2) is 5.13 Å². The molecule has 0 bridgehead atoms. The highest BCUT2D eigenvalue weighted by atomic mass is 35.5. The van der Waals surface area contributed by atoms with Crippen molar-refractivity contribution in [1.29, 1.82) is 0 Å². The van der Waals surface area contributed by atoms with Crippen molar-refractivity contribution in [2.75, 3.05) is 5.32 Å². The van der Waals surface area contributed by atoms with E-state index in [1.165, 1.54) is 22.7 Å². The molecular weight excluding hydrogens is 336 g/mol. The lowest BCUT2D eigenvalue weighted by Crippen LogP contribution is -2.13. The van der Waals surface area contributed by atoms with E-state index in [1.807, 2.05) is 29.6 Å². The second-order valence-corrected chi connectivity index (χ2v) is 8.41. The zero-order valence-corrected chi connectivity index (χ0v) is 14.8. The van der Waals surface area contributed by atoms with Gasteiger partial charge in [-0.15, -0.1) is 22.7 Å². The van der Waals surface area contributed by atoms with Gasteiger partial charge in [0, 0.05) is 20.5 Å². The summed E-state index contributed by atoms with van der Waals surface area (Å²) in [5, 5.41) is 7.15. The number of aromatic nitrogens is 1. The Morgan fingerprint density at radius 3 is 2.73 bits per heavy atom. The number of fused-ring (bicyclic) bond motifs is 1. The highest BCUT2D eigenvalue weighted by molar-refractivity contribution is 7.21. The Kier molecular flexibility index (Phi) is 3.97. The third-order valence-corrected chi connectivity index (χ3v) is 5.30. The number of benzene rings is 1. The summed E-state index contributed by atoms with van der Waals surface area (Å²) in [4.78, 5) is 17.5. The van der Waals surface area contributed by atoms with Crippen LogP contribution in [-0.4, -0.2) is 10.9 Å². The fourth-order valence-corrected chi connectivity index (χ4v) is 4.01. The number of halogens is 1. The molecule has 3 aromatic rings. The molecule has 0 saturated heterocycles. The first kappa shape index (κ1) is 15.5. The average Bonchev–Trinajstić information content (AvgIpc) is 3.03. The quantitative estimate of drug-likeness (QED) is 0.657. The molecule has 0 unspecified atom stereocenters. The van der Waals surface area contributed by atoms with E-state index >= 15 is 0 Å². The van der Waals surface area contributed by atoms with Gasteiger partial charge in [-0.2, -0.15) is 0 Å². The summed E-state index contributed by atoms with van der Waals surface area (Å²) in [6, 6.07) is 7.49. The predicted molar refractivity (Wildman–Crippen MR) is 95.6 cm³/mol. The molecule has 0 aliphatic heterocycles. The van der Waals surface area contributed by atoms with Crippen LogP contribution in [0.15, 0.2) is 29.6 Å². The molecule has 0 radical (unpaired) electrons. The van der Waals surface area contributed by atoms with Gasteiger partial charge in [0.2, 0.25) is 0 Å². The summed E-state index contributed by atoms with van der Waals surface area (Å²) in [5.41, 5.74) is 0.962. The van der Waals surface area contributed by atoms with E-state index in [0.29, 0.717) is 15.0 Å². The van der Waals surface area contributed by atoms with Gasteiger partial charge in [0.05, 0.1) is 10.6 Å². The van der Waals surface area contributed by atoms with Crippen LogP contribution in [0.2, 0.25) is 5.02 Å². The number of anilines is 1. The summed E-state index contributed by atoms with van der Waals surface area (Å²) in [6.07, 6.45) is 0. The van der Waals surface area contributed by atoms with Crippen molar-refractivity contribution < 1.29 is 4.79 Å². The first-order valence-corrected chi connectivity index (χ1v) is 8.87. The number of nitrogens with one attached hydrogen (secondary N) is 1. The minimum absolute atomic E-state index is 0.0200. The SMILES string of the molecule is CC(C)(C)c1csc(NC(=O)c2cc3cc(Cl)ccc3s2)n1. The van der Waals surface area contributed by atoms with E-state index in [1.54, 1.807) is 0 Å². The molecule has 1 N–H and O–H groups in total. The Morgan fingerprint density at radius 2 is 2.05 bits per heavy atom. The summed E-state index contributed by atoms with van der Waals surface area (Å²) in [6.45, 7) is 6.30. The molecule has 22 heavy (non-hydrogen) atoms. The first-order valence-electron chi connectivity index (χ1n) is 6.79. The Labute approximate surface area is 142 Å². The normalized spacial score (nSPS) is 11.8. The molecular formula is C16H15ClN2OS2. The fraction of sp³-hybridized carbons (Fsp3) is 0.250. The first-order chi connectivity index (χ1) is 10.3. The van der Waals surface area contributed by atoms with Crippen molar-refractivity contribution in [3.8, 4) is 0 Å². The maximum Gasteiger partial charge on any atom is 0.267 e. The smallest absolute Gasteiger partial charge is 0.267 e. The van der Waals surface area contributed by atoms with E-state index in [-0.39, 0.29) is 11.3 Å². The number of thiazole rings is 1. The van der Waals surface area contributed by atoms with Crippen molar-refractivity contribution in [3.05, 3.63) is 45.2 Å². The van der Waals surface area contributed by atoms with Crippen LogP contribution in [0.1, 0.15) is 36.1 Å². The third kappa shape index (κ3) is 3.16. The summed E-state index contributed by atoms with van der Waals surface area (Å²) >= 11 is 8.88. The summed E-state index contributed by atoms with van der Waals surface area (Å²) in [5.74, 6) is -0.132. The average molecular weight is 351 g/mol. The topological polar surface area (TPSA) is 42.0 Å². The Bertz CT molecular complexity index is 845. The van der Waals surface area contributed by atoms with Gasteiger partial charge in [-0.25, -0.2) is 4.98 Å². The molecule has 0 saturated carbocycles. The van der Waals surface area contributed by atoms with E-state index in [4.69, 9.17) is 11.6 Å². The van der Waals surface area contributed by atoms with Gasteiger partial charge in [-0.3, -0.25) is 10.1 Å². The van der Waals surface area contributed by atoms with Crippen LogP contribution in [0.25, 0.3) is 10.1 Å². The number of thiophene rings is 1. The van der Waals surface area contributed by atoms with Gasteiger partial charge < -0.3 is 0 Å². The largest absolute Gasteiger partial charge is 0.297 e. The van der Waals surface area contributed by atoms with E-state index in [2.05, 4.69) is 31.1 Å². The maximum absolute atomic E-state index is 12.4. The van der Waals surface area contributed by atoms with Gasteiger partial charge in [0.25, 0.3) is 5.91 Å². The van der Waals surface area contributed by atoms with E-state index in [0.717, 1.165) is 15.8 Å². The molecule has 6 heteroatoms. The molecule has 2 heterocycles. The lowest BCUT2D eigenvalue weighted by atomic mass is 9.93. The zero-order valence-electron chi connectivity index (χ0n) is 12.4. The molecule has 0 aliphatic rings. The summed E-state index contributed by atoms with van der Waals surface area (Å²) in [7, 11) is 0. The van der Waals surface area contributed by atoms with Crippen LogP contribution >= 0.6 is 34.3 Å². The van der Waals surface area contributed by atoms with Crippen LogP contribution in [0.5, 0.6) is 0 Å². The molecule has 3 rings (SSSR count). The van der Waals surface area contributed by atoms with Crippen molar-refractivity contribution in [2.24, 2.45) is 0 Å². The number of nitrogens with zero attached hydrogens (tertiary/aromatic N) is 1. The molecule has 1 aromatic carbocycles. The number of rotatable bonds is 2. The molecule has 0 spiro atoms. The highest BCUT2D eigenvalue weighted by Gasteiger charge is 2.19. The van der Waals surface area contributed by atoms with Crippen molar-refractivity contribution in [1.82, 2.24) is 4.98 Å². The monoisotopic (exact) mass is 350 g/mol.